The fourth-order valence-electron chi connectivity index (χ4n) is 2.68. The molecule has 5 heteroatoms. The Bertz CT molecular complexity index is 670. The zero-order valence-electron chi connectivity index (χ0n) is 11.2. The van der Waals surface area contributed by atoms with Crippen molar-refractivity contribution in [1.29, 1.82) is 0 Å². The highest BCUT2D eigenvalue weighted by atomic mass is 35.5. The van der Waals surface area contributed by atoms with E-state index in [1.165, 1.54) is 12.1 Å². The molecule has 1 atom stereocenters. The van der Waals surface area contributed by atoms with E-state index in [2.05, 4.69) is 0 Å². The third-order valence-corrected chi connectivity index (χ3v) is 4.21. The van der Waals surface area contributed by atoms with Crippen LogP contribution in [0.25, 0.3) is 11.1 Å². The molecule has 0 saturated carbocycles. The molecule has 1 aliphatic heterocycles. The van der Waals surface area contributed by atoms with Gasteiger partial charge in [-0.25, -0.2) is 4.39 Å². The van der Waals surface area contributed by atoms with Crippen LogP contribution in [0.5, 0.6) is 5.75 Å². The third kappa shape index (κ3) is 2.73. The van der Waals surface area contributed by atoms with Crippen LogP contribution in [0.3, 0.4) is 0 Å². The number of hydrogen-bond acceptors (Lipinski definition) is 2. The van der Waals surface area contributed by atoms with Crippen molar-refractivity contribution in [2.45, 2.75) is 18.9 Å². The molecule has 0 fully saturated rings. The van der Waals surface area contributed by atoms with Gasteiger partial charge >= 0.3 is 0 Å². The Morgan fingerprint density at radius 2 is 1.95 bits per heavy atom. The van der Waals surface area contributed by atoms with E-state index in [0.29, 0.717) is 39.9 Å². The normalized spacial score (nSPS) is 16.7. The quantitative estimate of drug-likeness (QED) is 0.904. The number of halogens is 3. The van der Waals surface area contributed by atoms with Crippen molar-refractivity contribution in [3.8, 4) is 16.9 Å². The maximum atomic E-state index is 13.9. The summed E-state index contributed by atoms with van der Waals surface area (Å²) in [5, 5.41) is 0.947. The van der Waals surface area contributed by atoms with Gasteiger partial charge in [-0.1, -0.05) is 29.3 Å². The maximum Gasteiger partial charge on any atom is 0.131 e. The number of benzene rings is 2. The molecule has 2 aromatic carbocycles. The van der Waals surface area contributed by atoms with Crippen molar-refractivity contribution in [1.82, 2.24) is 0 Å². The molecule has 21 heavy (non-hydrogen) atoms. The summed E-state index contributed by atoms with van der Waals surface area (Å²) in [5.41, 5.74) is 7.61. The minimum absolute atomic E-state index is 0.0215. The molecule has 110 valence electrons. The highest BCUT2D eigenvalue weighted by Crippen LogP contribution is 2.45. The van der Waals surface area contributed by atoms with Crippen molar-refractivity contribution in [3.05, 3.63) is 51.8 Å². The molecule has 0 aliphatic carbocycles. The first-order valence-electron chi connectivity index (χ1n) is 6.73. The monoisotopic (exact) mass is 325 g/mol. The standard InChI is InChI=1S/C16H14Cl2FNO/c17-13-2-1-3-14(18)15(13)12-8-10(19)6-9-7-11(4-5-20)21-16(9)12/h1-3,6,8,11H,4-5,7,20H2/t11-/m0/s1. The fourth-order valence-corrected chi connectivity index (χ4v) is 3.28. The molecular weight excluding hydrogens is 312 g/mol. The molecule has 3 rings (SSSR count). The molecule has 2 N–H and O–H groups in total. The summed E-state index contributed by atoms with van der Waals surface area (Å²) in [7, 11) is 0. The minimum atomic E-state index is -0.322. The van der Waals surface area contributed by atoms with E-state index in [4.69, 9.17) is 33.7 Å². The van der Waals surface area contributed by atoms with Gasteiger partial charge in [0.1, 0.15) is 17.7 Å². The Kier molecular flexibility index (Phi) is 4.07. The second-order valence-electron chi connectivity index (χ2n) is 5.06. The topological polar surface area (TPSA) is 35.2 Å². The van der Waals surface area contributed by atoms with Gasteiger partial charge in [-0.05, 0) is 37.2 Å². The zero-order chi connectivity index (χ0) is 15.0. The second kappa shape index (κ2) is 5.84. The van der Waals surface area contributed by atoms with Crippen LogP contribution in [0.4, 0.5) is 4.39 Å². The van der Waals surface area contributed by atoms with E-state index in [-0.39, 0.29) is 11.9 Å². The molecule has 0 spiro atoms. The lowest BCUT2D eigenvalue weighted by atomic mass is 9.99. The summed E-state index contributed by atoms with van der Waals surface area (Å²) < 4.78 is 19.9. The van der Waals surface area contributed by atoms with Crippen molar-refractivity contribution < 1.29 is 9.13 Å². The molecule has 1 aliphatic rings. The van der Waals surface area contributed by atoms with E-state index in [9.17, 15) is 4.39 Å². The van der Waals surface area contributed by atoms with Crippen LogP contribution in [0, 0.1) is 5.82 Å². The van der Waals surface area contributed by atoms with Crippen LogP contribution in [-0.2, 0) is 6.42 Å². The SMILES string of the molecule is NCC[C@H]1Cc2cc(F)cc(-c3c(Cl)cccc3Cl)c2O1. The number of fused-ring (bicyclic) bond motifs is 1. The third-order valence-electron chi connectivity index (χ3n) is 3.58. The molecule has 0 unspecified atom stereocenters. The van der Waals surface area contributed by atoms with Gasteiger partial charge in [0.25, 0.3) is 0 Å². The molecule has 2 nitrogen and oxygen atoms in total. The largest absolute Gasteiger partial charge is 0.489 e. The van der Waals surface area contributed by atoms with Crippen molar-refractivity contribution in [3.63, 3.8) is 0 Å². The predicted octanol–water partition coefficient (Wildman–Crippen LogP) is 4.45. The lowest BCUT2D eigenvalue weighted by Crippen LogP contribution is -2.17. The summed E-state index contributed by atoms with van der Waals surface area (Å²) in [6.07, 6.45) is 1.36. The smallest absolute Gasteiger partial charge is 0.131 e. The lowest BCUT2D eigenvalue weighted by Gasteiger charge is -2.14. The van der Waals surface area contributed by atoms with Crippen molar-refractivity contribution in [2.24, 2.45) is 5.73 Å². The molecule has 0 saturated heterocycles. The Balaban J connectivity index is 2.14. The van der Waals surface area contributed by atoms with E-state index in [1.807, 2.05) is 0 Å². The minimum Gasteiger partial charge on any atom is -0.489 e. The number of rotatable bonds is 3. The van der Waals surface area contributed by atoms with Gasteiger partial charge in [0.2, 0.25) is 0 Å². The summed E-state index contributed by atoms with van der Waals surface area (Å²) in [6, 6.07) is 8.13. The van der Waals surface area contributed by atoms with Gasteiger partial charge in [0.15, 0.2) is 0 Å². The molecule has 1 heterocycles. The van der Waals surface area contributed by atoms with Gasteiger partial charge in [-0.3, -0.25) is 0 Å². The molecule has 0 aromatic heterocycles. The number of hydrogen-bond donors (Lipinski definition) is 1. The van der Waals surface area contributed by atoms with Gasteiger partial charge in [0.05, 0.1) is 10.0 Å². The van der Waals surface area contributed by atoms with Crippen LogP contribution < -0.4 is 10.5 Å². The number of ether oxygens (including phenoxy) is 1. The van der Waals surface area contributed by atoms with E-state index >= 15 is 0 Å². The average Bonchev–Trinajstić information content (AvgIpc) is 2.81. The fraction of sp³-hybridized carbons (Fsp3) is 0.250. The Morgan fingerprint density at radius 1 is 1.24 bits per heavy atom. The van der Waals surface area contributed by atoms with Crippen LogP contribution in [-0.4, -0.2) is 12.6 Å². The Morgan fingerprint density at radius 3 is 2.62 bits per heavy atom. The summed E-state index contributed by atoms with van der Waals surface area (Å²) in [4.78, 5) is 0. The average molecular weight is 326 g/mol. The van der Waals surface area contributed by atoms with E-state index < -0.39 is 0 Å². The molecule has 0 bridgehead atoms. The van der Waals surface area contributed by atoms with Crippen molar-refractivity contribution in [2.75, 3.05) is 6.54 Å². The van der Waals surface area contributed by atoms with Crippen LogP contribution in [0.1, 0.15) is 12.0 Å². The van der Waals surface area contributed by atoms with E-state index in [1.54, 1.807) is 18.2 Å². The maximum absolute atomic E-state index is 13.9. The summed E-state index contributed by atoms with van der Waals surface area (Å²) >= 11 is 12.5. The van der Waals surface area contributed by atoms with E-state index in [0.717, 1.165) is 12.0 Å². The Labute approximate surface area is 132 Å². The lowest BCUT2D eigenvalue weighted by molar-refractivity contribution is 0.225. The van der Waals surface area contributed by atoms with Crippen LogP contribution >= 0.6 is 23.2 Å². The van der Waals surface area contributed by atoms with Gasteiger partial charge in [-0.2, -0.15) is 0 Å². The molecule has 2 aromatic rings. The predicted molar refractivity (Wildman–Crippen MR) is 83.6 cm³/mol. The van der Waals surface area contributed by atoms with Crippen LogP contribution in [0.15, 0.2) is 30.3 Å². The molecule has 0 radical (unpaired) electrons. The molecule has 0 amide bonds. The highest BCUT2D eigenvalue weighted by Gasteiger charge is 2.27. The summed E-state index contributed by atoms with van der Waals surface area (Å²) in [6.45, 7) is 0.531. The highest BCUT2D eigenvalue weighted by molar-refractivity contribution is 6.39. The Hall–Kier alpha value is -1.29. The van der Waals surface area contributed by atoms with Gasteiger partial charge in [0, 0.05) is 23.1 Å². The zero-order valence-corrected chi connectivity index (χ0v) is 12.7. The summed E-state index contributed by atoms with van der Waals surface area (Å²) in [5.74, 6) is 0.335. The van der Waals surface area contributed by atoms with Gasteiger partial charge < -0.3 is 10.5 Å². The number of nitrogens with two attached hydrogens (primary N) is 1. The first-order chi connectivity index (χ1) is 10.1. The second-order valence-corrected chi connectivity index (χ2v) is 5.87. The molecular formula is C16H14Cl2FNO. The first-order valence-corrected chi connectivity index (χ1v) is 7.49. The van der Waals surface area contributed by atoms with Crippen LogP contribution in [0.2, 0.25) is 10.0 Å². The van der Waals surface area contributed by atoms with Crippen molar-refractivity contribution >= 4 is 23.2 Å². The first kappa shape index (κ1) is 14.6. The van der Waals surface area contributed by atoms with Gasteiger partial charge in [-0.15, -0.1) is 0 Å².